The molecule has 4 aromatic rings. The Morgan fingerprint density at radius 1 is 0.946 bits per heavy atom. The van der Waals surface area contributed by atoms with Gasteiger partial charge in [0, 0.05) is 29.6 Å². The highest BCUT2D eigenvalue weighted by molar-refractivity contribution is 6.11. The molecule has 0 aliphatic rings. The molecule has 190 valence electrons. The number of ether oxygens (including phenoxy) is 1. The summed E-state index contributed by atoms with van der Waals surface area (Å²) in [5, 5.41) is 6.05. The standard InChI is InChI=1S/C29H27FN2O5/c1-4-36-25(33)14-17(2)32-28(34)21-7-5-6-19(15-21)20-10-13-24-23(16-20)26(29(35)31-3)27(37-24)18-8-11-22(30)12-9-18/h5-13,15-17H,4,14H2,1-3H3,(H,31,35)(H,32,34). The van der Waals surface area contributed by atoms with E-state index in [1.807, 2.05) is 18.2 Å². The summed E-state index contributed by atoms with van der Waals surface area (Å²) in [5.74, 6) is -1.06. The minimum atomic E-state index is -0.391. The van der Waals surface area contributed by atoms with Gasteiger partial charge >= 0.3 is 5.97 Å². The van der Waals surface area contributed by atoms with Crippen LogP contribution in [0.5, 0.6) is 0 Å². The van der Waals surface area contributed by atoms with Crippen molar-refractivity contribution in [3.63, 3.8) is 0 Å². The van der Waals surface area contributed by atoms with Gasteiger partial charge in [0.05, 0.1) is 18.6 Å². The number of carbonyl (C=O) groups is 3. The predicted molar refractivity (Wildman–Crippen MR) is 139 cm³/mol. The summed E-state index contributed by atoms with van der Waals surface area (Å²) in [5.41, 5.74) is 3.39. The van der Waals surface area contributed by atoms with Crippen LogP contribution in [-0.4, -0.2) is 37.5 Å². The number of amides is 2. The van der Waals surface area contributed by atoms with Crippen LogP contribution in [0, 0.1) is 5.82 Å². The van der Waals surface area contributed by atoms with Crippen LogP contribution < -0.4 is 10.6 Å². The second-order valence-electron chi connectivity index (χ2n) is 8.57. The largest absolute Gasteiger partial charge is 0.466 e. The molecule has 0 fully saturated rings. The molecule has 2 amide bonds. The lowest BCUT2D eigenvalue weighted by atomic mass is 9.99. The Morgan fingerprint density at radius 3 is 2.35 bits per heavy atom. The highest BCUT2D eigenvalue weighted by Gasteiger charge is 2.22. The molecule has 3 aromatic carbocycles. The van der Waals surface area contributed by atoms with Gasteiger partial charge in [-0.1, -0.05) is 18.2 Å². The van der Waals surface area contributed by atoms with E-state index in [1.54, 1.807) is 50.2 Å². The highest BCUT2D eigenvalue weighted by atomic mass is 19.1. The molecule has 1 unspecified atom stereocenters. The number of nitrogens with one attached hydrogen (secondary N) is 2. The Labute approximate surface area is 213 Å². The third-order valence-corrected chi connectivity index (χ3v) is 5.86. The van der Waals surface area contributed by atoms with Gasteiger partial charge < -0.3 is 19.8 Å². The molecule has 0 radical (unpaired) electrons. The van der Waals surface area contributed by atoms with Gasteiger partial charge in [-0.25, -0.2) is 4.39 Å². The van der Waals surface area contributed by atoms with E-state index in [0.29, 0.717) is 33.4 Å². The first-order valence-electron chi connectivity index (χ1n) is 11.9. The molecule has 4 rings (SSSR count). The average Bonchev–Trinajstić information content (AvgIpc) is 3.27. The summed E-state index contributed by atoms with van der Waals surface area (Å²) in [6.07, 6.45) is 0.0785. The molecule has 2 N–H and O–H groups in total. The van der Waals surface area contributed by atoms with Gasteiger partial charge in [0.2, 0.25) is 0 Å². The van der Waals surface area contributed by atoms with Gasteiger partial charge in [-0.05, 0) is 73.5 Å². The van der Waals surface area contributed by atoms with E-state index < -0.39 is 6.04 Å². The maximum atomic E-state index is 13.5. The topological polar surface area (TPSA) is 97.6 Å². The highest BCUT2D eigenvalue weighted by Crippen LogP contribution is 2.36. The monoisotopic (exact) mass is 502 g/mol. The minimum Gasteiger partial charge on any atom is -0.466 e. The molecule has 0 aliphatic heterocycles. The quantitative estimate of drug-likeness (QED) is 0.317. The number of hydrogen-bond donors (Lipinski definition) is 2. The van der Waals surface area contributed by atoms with Crippen molar-refractivity contribution in [3.05, 3.63) is 83.7 Å². The molecule has 7 nitrogen and oxygen atoms in total. The summed E-state index contributed by atoms with van der Waals surface area (Å²) in [7, 11) is 1.53. The van der Waals surface area contributed by atoms with Crippen LogP contribution in [0.2, 0.25) is 0 Å². The Balaban J connectivity index is 1.67. The maximum absolute atomic E-state index is 13.5. The lowest BCUT2D eigenvalue weighted by Gasteiger charge is -2.13. The van der Waals surface area contributed by atoms with Gasteiger partial charge in [0.15, 0.2) is 0 Å². The normalized spacial score (nSPS) is 11.7. The summed E-state index contributed by atoms with van der Waals surface area (Å²) in [6, 6.07) is 17.8. The van der Waals surface area contributed by atoms with E-state index in [1.165, 1.54) is 19.2 Å². The molecular formula is C29H27FN2O5. The molecule has 37 heavy (non-hydrogen) atoms. The summed E-state index contributed by atoms with van der Waals surface area (Å²) in [6.45, 7) is 3.76. The third kappa shape index (κ3) is 5.69. The van der Waals surface area contributed by atoms with Crippen LogP contribution in [0.3, 0.4) is 0 Å². The van der Waals surface area contributed by atoms with E-state index >= 15 is 0 Å². The van der Waals surface area contributed by atoms with Crippen LogP contribution in [0.15, 0.2) is 71.1 Å². The van der Waals surface area contributed by atoms with Crippen molar-refractivity contribution in [2.75, 3.05) is 13.7 Å². The van der Waals surface area contributed by atoms with Gasteiger partial charge in [0.1, 0.15) is 17.2 Å². The van der Waals surface area contributed by atoms with Crippen LogP contribution in [0.25, 0.3) is 33.4 Å². The molecule has 1 atom stereocenters. The van der Waals surface area contributed by atoms with Crippen LogP contribution in [0.4, 0.5) is 4.39 Å². The van der Waals surface area contributed by atoms with Gasteiger partial charge in [0.25, 0.3) is 11.8 Å². The SMILES string of the molecule is CCOC(=O)CC(C)NC(=O)c1cccc(-c2ccc3oc(-c4ccc(F)cc4)c(C(=O)NC)c3c2)c1. The zero-order valence-corrected chi connectivity index (χ0v) is 20.8. The number of esters is 1. The number of carbonyl (C=O) groups excluding carboxylic acids is 3. The molecule has 1 heterocycles. The average molecular weight is 503 g/mol. The van der Waals surface area contributed by atoms with E-state index in [2.05, 4.69) is 10.6 Å². The fraction of sp³-hybridized carbons (Fsp3) is 0.207. The molecule has 0 spiro atoms. The van der Waals surface area contributed by atoms with E-state index in [9.17, 15) is 18.8 Å². The van der Waals surface area contributed by atoms with E-state index in [0.717, 1.165) is 11.1 Å². The first-order valence-corrected chi connectivity index (χ1v) is 11.9. The van der Waals surface area contributed by atoms with Crippen molar-refractivity contribution in [2.45, 2.75) is 26.3 Å². The predicted octanol–water partition coefficient (Wildman–Crippen LogP) is 5.34. The fourth-order valence-corrected chi connectivity index (χ4v) is 4.10. The van der Waals surface area contributed by atoms with Gasteiger partial charge in [-0.3, -0.25) is 14.4 Å². The number of halogens is 1. The van der Waals surface area contributed by atoms with E-state index in [-0.39, 0.29) is 36.6 Å². The second-order valence-corrected chi connectivity index (χ2v) is 8.57. The summed E-state index contributed by atoms with van der Waals surface area (Å²) >= 11 is 0. The first kappa shape index (κ1) is 25.6. The molecular weight excluding hydrogens is 475 g/mol. The number of benzene rings is 3. The number of furan rings is 1. The Hall–Kier alpha value is -4.46. The van der Waals surface area contributed by atoms with Crippen molar-refractivity contribution in [1.82, 2.24) is 10.6 Å². The van der Waals surface area contributed by atoms with Crippen LogP contribution in [-0.2, 0) is 9.53 Å². The van der Waals surface area contributed by atoms with E-state index in [4.69, 9.17) is 9.15 Å². The molecule has 8 heteroatoms. The third-order valence-electron chi connectivity index (χ3n) is 5.86. The van der Waals surface area contributed by atoms with Gasteiger partial charge in [-0.2, -0.15) is 0 Å². The molecule has 0 saturated heterocycles. The van der Waals surface area contributed by atoms with Crippen molar-refractivity contribution in [3.8, 4) is 22.5 Å². The summed E-state index contributed by atoms with van der Waals surface area (Å²) in [4.78, 5) is 37.3. The van der Waals surface area contributed by atoms with Gasteiger partial charge in [-0.15, -0.1) is 0 Å². The second kappa shape index (κ2) is 11.1. The number of hydrogen-bond acceptors (Lipinski definition) is 5. The van der Waals surface area contributed by atoms with Crippen LogP contribution in [0.1, 0.15) is 41.0 Å². The zero-order valence-electron chi connectivity index (χ0n) is 20.8. The molecule has 0 bridgehead atoms. The van der Waals surface area contributed by atoms with Crippen molar-refractivity contribution in [1.29, 1.82) is 0 Å². The van der Waals surface area contributed by atoms with Crippen molar-refractivity contribution >= 4 is 28.8 Å². The number of fused-ring (bicyclic) bond motifs is 1. The fourth-order valence-electron chi connectivity index (χ4n) is 4.10. The lowest BCUT2D eigenvalue weighted by molar-refractivity contribution is -0.143. The zero-order chi connectivity index (χ0) is 26.5. The molecule has 1 aromatic heterocycles. The Bertz CT molecular complexity index is 1460. The smallest absolute Gasteiger partial charge is 0.307 e. The lowest BCUT2D eigenvalue weighted by Crippen LogP contribution is -2.34. The maximum Gasteiger partial charge on any atom is 0.307 e. The first-order chi connectivity index (χ1) is 17.8. The Morgan fingerprint density at radius 2 is 1.65 bits per heavy atom. The number of rotatable bonds is 8. The molecule has 0 saturated carbocycles. The minimum absolute atomic E-state index is 0.0785. The Kier molecular flexibility index (Phi) is 7.67. The summed E-state index contributed by atoms with van der Waals surface area (Å²) < 4.78 is 24.4. The molecule has 0 aliphatic carbocycles. The van der Waals surface area contributed by atoms with Crippen LogP contribution >= 0.6 is 0 Å². The van der Waals surface area contributed by atoms with Crippen molar-refractivity contribution < 1.29 is 27.9 Å². The van der Waals surface area contributed by atoms with Crippen molar-refractivity contribution in [2.24, 2.45) is 0 Å².